The smallest absolute Gasteiger partial charge is 0.348 e. The van der Waals surface area contributed by atoms with E-state index in [9.17, 15) is 14.4 Å². The van der Waals surface area contributed by atoms with Crippen LogP contribution in [0.1, 0.15) is 34.0 Å². The molecule has 0 saturated carbocycles. The highest BCUT2D eigenvalue weighted by Crippen LogP contribution is 2.28. The molecular formula is C18H18N2O6S. The number of thiophene rings is 1. The largest absolute Gasteiger partial charge is 0.467 e. The summed E-state index contributed by atoms with van der Waals surface area (Å²) in [5.74, 6) is -0.795. The van der Waals surface area contributed by atoms with Crippen LogP contribution in [0.15, 0.2) is 45.5 Å². The van der Waals surface area contributed by atoms with Gasteiger partial charge in [0.2, 0.25) is 0 Å². The second-order valence-corrected chi connectivity index (χ2v) is 6.58. The Labute approximate surface area is 159 Å². The fourth-order valence-corrected chi connectivity index (χ4v) is 3.45. The summed E-state index contributed by atoms with van der Waals surface area (Å²) in [4.78, 5) is 37.3. The van der Waals surface area contributed by atoms with Gasteiger partial charge >= 0.3 is 18.0 Å². The highest BCUT2D eigenvalue weighted by Gasteiger charge is 2.35. The average Bonchev–Trinajstić information content (AvgIpc) is 3.30. The third-order valence-electron chi connectivity index (χ3n) is 3.87. The topological polar surface area (TPSA) is 107 Å². The number of nitrogens with one attached hydrogen (secondary N) is 2. The quantitative estimate of drug-likeness (QED) is 0.735. The lowest BCUT2D eigenvalue weighted by atomic mass is 10.0. The maximum atomic E-state index is 12.5. The number of hydrogen-bond donors (Lipinski definition) is 2. The van der Waals surface area contributed by atoms with Crippen LogP contribution in [0.2, 0.25) is 0 Å². The number of carbonyl (C=O) groups excluding carboxylic acids is 3. The minimum Gasteiger partial charge on any atom is -0.467 e. The van der Waals surface area contributed by atoms with Crippen LogP contribution in [0.5, 0.6) is 0 Å². The molecule has 1 aliphatic heterocycles. The van der Waals surface area contributed by atoms with Crippen LogP contribution in [-0.4, -0.2) is 31.2 Å². The molecule has 2 amide bonds. The van der Waals surface area contributed by atoms with Gasteiger partial charge in [-0.3, -0.25) is 0 Å². The molecule has 0 fully saturated rings. The summed E-state index contributed by atoms with van der Waals surface area (Å²) in [6.07, 6.45) is 1.44. The molecule has 8 nitrogen and oxygen atoms in total. The van der Waals surface area contributed by atoms with Crippen molar-refractivity contribution in [2.24, 2.45) is 0 Å². The normalized spacial score (nSPS) is 16.5. The van der Waals surface area contributed by atoms with Crippen LogP contribution in [0, 0.1) is 6.92 Å². The van der Waals surface area contributed by atoms with E-state index in [0.717, 1.165) is 5.56 Å². The van der Waals surface area contributed by atoms with Crippen molar-refractivity contribution in [1.29, 1.82) is 0 Å². The lowest BCUT2D eigenvalue weighted by Crippen LogP contribution is -2.47. The van der Waals surface area contributed by atoms with E-state index in [4.69, 9.17) is 13.9 Å². The molecular weight excluding hydrogens is 372 g/mol. The molecule has 0 radical (unpaired) electrons. The van der Waals surface area contributed by atoms with Crippen molar-refractivity contribution in [3.05, 3.63) is 57.3 Å². The van der Waals surface area contributed by atoms with Gasteiger partial charge in [0.05, 0.1) is 24.1 Å². The Kier molecular flexibility index (Phi) is 5.60. The Morgan fingerprint density at radius 1 is 1.26 bits per heavy atom. The molecule has 27 heavy (non-hydrogen) atoms. The minimum atomic E-state index is -0.843. The first-order chi connectivity index (χ1) is 13.0. The summed E-state index contributed by atoms with van der Waals surface area (Å²) in [5, 5.41) is 6.93. The molecule has 0 spiro atoms. The van der Waals surface area contributed by atoms with E-state index in [-0.39, 0.29) is 24.5 Å². The van der Waals surface area contributed by atoms with Crippen molar-refractivity contribution in [2.75, 3.05) is 13.2 Å². The molecule has 142 valence electrons. The first kappa shape index (κ1) is 18.7. The zero-order valence-electron chi connectivity index (χ0n) is 14.7. The molecule has 3 heterocycles. The fourth-order valence-electron chi connectivity index (χ4n) is 2.64. The van der Waals surface area contributed by atoms with Gasteiger partial charge in [-0.2, -0.15) is 0 Å². The van der Waals surface area contributed by atoms with Crippen molar-refractivity contribution < 1.29 is 28.3 Å². The molecule has 0 aromatic carbocycles. The van der Waals surface area contributed by atoms with Crippen LogP contribution >= 0.6 is 11.3 Å². The monoisotopic (exact) mass is 390 g/mol. The van der Waals surface area contributed by atoms with Gasteiger partial charge in [-0.25, -0.2) is 14.4 Å². The van der Waals surface area contributed by atoms with E-state index in [2.05, 4.69) is 10.6 Å². The van der Waals surface area contributed by atoms with E-state index in [1.165, 1.54) is 17.6 Å². The minimum absolute atomic E-state index is 0.127. The summed E-state index contributed by atoms with van der Waals surface area (Å²) in [6.45, 7) is 3.35. The predicted octanol–water partition coefficient (Wildman–Crippen LogP) is 2.68. The van der Waals surface area contributed by atoms with E-state index in [1.807, 2.05) is 6.07 Å². The standard InChI is InChI=1S/C18H18N2O6S/c1-3-24-16(21)13-11(9-26-17(22)15-10(2)6-8-27-15)19-18(23)20-14(13)12-5-4-7-25-12/h4-8,14H,3,9H2,1-2H3,(H2,19,20,23). The summed E-state index contributed by atoms with van der Waals surface area (Å²) in [6, 6.07) is 3.71. The lowest BCUT2D eigenvalue weighted by Gasteiger charge is -2.27. The van der Waals surface area contributed by atoms with E-state index in [0.29, 0.717) is 10.6 Å². The summed E-state index contributed by atoms with van der Waals surface area (Å²) < 4.78 is 15.8. The van der Waals surface area contributed by atoms with Crippen LogP contribution in [0.3, 0.4) is 0 Å². The van der Waals surface area contributed by atoms with Gasteiger partial charge in [-0.15, -0.1) is 11.3 Å². The second kappa shape index (κ2) is 8.09. The molecule has 1 unspecified atom stereocenters. The Balaban J connectivity index is 1.90. The van der Waals surface area contributed by atoms with Gasteiger partial charge < -0.3 is 24.5 Å². The van der Waals surface area contributed by atoms with Crippen LogP contribution in [0.25, 0.3) is 0 Å². The molecule has 2 aromatic rings. The van der Waals surface area contributed by atoms with Gasteiger partial charge in [0, 0.05) is 0 Å². The van der Waals surface area contributed by atoms with Gasteiger partial charge in [0.1, 0.15) is 23.3 Å². The highest BCUT2D eigenvalue weighted by molar-refractivity contribution is 7.12. The third kappa shape index (κ3) is 4.03. The molecule has 2 N–H and O–H groups in total. The second-order valence-electron chi connectivity index (χ2n) is 5.67. The molecule has 0 bridgehead atoms. The fraction of sp³-hybridized carbons (Fsp3) is 0.278. The number of hydrogen-bond acceptors (Lipinski definition) is 7. The van der Waals surface area contributed by atoms with Gasteiger partial charge in [-0.05, 0) is 43.0 Å². The maximum absolute atomic E-state index is 12.5. The number of esters is 2. The predicted molar refractivity (Wildman–Crippen MR) is 96.1 cm³/mol. The summed E-state index contributed by atoms with van der Waals surface area (Å²) >= 11 is 1.26. The number of carbonyl (C=O) groups is 3. The zero-order chi connectivity index (χ0) is 19.4. The van der Waals surface area contributed by atoms with Crippen molar-refractivity contribution >= 4 is 29.3 Å². The van der Waals surface area contributed by atoms with Crippen LogP contribution < -0.4 is 10.6 Å². The summed E-state index contributed by atoms with van der Waals surface area (Å²) in [5.41, 5.74) is 1.08. The lowest BCUT2D eigenvalue weighted by molar-refractivity contribution is -0.139. The third-order valence-corrected chi connectivity index (χ3v) is 4.87. The number of aryl methyl sites for hydroxylation is 1. The molecule has 1 aliphatic rings. The molecule has 3 rings (SSSR count). The number of furan rings is 1. The van der Waals surface area contributed by atoms with Gasteiger partial charge in [0.25, 0.3) is 0 Å². The van der Waals surface area contributed by atoms with Gasteiger partial charge in [0.15, 0.2) is 0 Å². The first-order valence-corrected chi connectivity index (χ1v) is 9.11. The first-order valence-electron chi connectivity index (χ1n) is 8.23. The van der Waals surface area contributed by atoms with Crippen molar-refractivity contribution in [1.82, 2.24) is 10.6 Å². The van der Waals surface area contributed by atoms with E-state index in [1.54, 1.807) is 31.4 Å². The number of ether oxygens (including phenoxy) is 2. The zero-order valence-corrected chi connectivity index (χ0v) is 15.6. The van der Waals surface area contributed by atoms with E-state index < -0.39 is 24.0 Å². The Hall–Kier alpha value is -3.07. The number of amides is 2. The average molecular weight is 390 g/mol. The van der Waals surface area contributed by atoms with Crippen molar-refractivity contribution in [2.45, 2.75) is 19.9 Å². The number of rotatable bonds is 6. The SMILES string of the molecule is CCOC(=O)C1=C(COC(=O)c2sccc2C)NC(=O)NC1c1ccco1. The van der Waals surface area contributed by atoms with Crippen molar-refractivity contribution in [3.63, 3.8) is 0 Å². The molecule has 9 heteroatoms. The van der Waals surface area contributed by atoms with E-state index >= 15 is 0 Å². The van der Waals surface area contributed by atoms with Gasteiger partial charge in [-0.1, -0.05) is 0 Å². The molecule has 0 aliphatic carbocycles. The Morgan fingerprint density at radius 2 is 2.07 bits per heavy atom. The van der Waals surface area contributed by atoms with Crippen LogP contribution in [0.4, 0.5) is 4.79 Å². The van der Waals surface area contributed by atoms with Crippen LogP contribution in [-0.2, 0) is 14.3 Å². The Bertz CT molecular complexity index is 884. The number of urea groups is 1. The maximum Gasteiger partial charge on any atom is 0.348 e. The molecule has 0 saturated heterocycles. The van der Waals surface area contributed by atoms with Crippen molar-refractivity contribution in [3.8, 4) is 0 Å². The Morgan fingerprint density at radius 3 is 2.70 bits per heavy atom. The highest BCUT2D eigenvalue weighted by atomic mass is 32.1. The summed E-state index contributed by atoms with van der Waals surface area (Å²) in [7, 11) is 0. The molecule has 2 aromatic heterocycles. The molecule has 1 atom stereocenters.